The van der Waals surface area contributed by atoms with Gasteiger partial charge in [-0.15, -0.1) is 0 Å². The molecule has 0 amide bonds. The van der Waals surface area contributed by atoms with E-state index in [4.69, 9.17) is 72.6 Å². The molecule has 31 heteroatoms. The van der Waals surface area contributed by atoms with Crippen LogP contribution in [-0.2, 0) is 124 Å². The molecule has 114 heavy (non-hydrogen) atoms. The minimum atomic E-state index is -3.43. The Bertz CT molecular complexity index is 4870. The molecule has 23 rings (SSSR count). The van der Waals surface area contributed by atoms with Crippen LogP contribution >= 0.6 is 39.1 Å². The minimum Gasteiger partial charge on any atom is -0.497 e. The van der Waals surface area contributed by atoms with Crippen LogP contribution in [-0.4, -0.2) is 135 Å². The van der Waals surface area contributed by atoms with Crippen LogP contribution in [0.1, 0.15) is 97.7 Å². The van der Waals surface area contributed by atoms with E-state index < -0.39 is 66.2 Å². The second kappa shape index (κ2) is 33.1. The van der Waals surface area contributed by atoms with E-state index in [0.29, 0.717) is 23.1 Å². The highest BCUT2D eigenvalue weighted by molar-refractivity contribution is 7.49. The highest BCUT2D eigenvalue weighted by Gasteiger charge is 2.59. The molecule has 15 heterocycles. The number of benzene rings is 8. The Morgan fingerprint density at radius 1 is 0.307 bits per heavy atom. The molecule has 0 saturated carbocycles. The molecule has 0 spiro atoms. The fourth-order valence-corrected chi connectivity index (χ4v) is 21.3. The molecule has 15 fully saturated rings. The fourth-order valence-electron chi connectivity index (χ4n) is 14.1. The Balaban J connectivity index is 0.000000119. The van der Waals surface area contributed by atoms with E-state index in [2.05, 4.69) is 58.0 Å². The molecule has 15 aliphatic rings. The number of hydrogen-bond acceptors (Lipinski definition) is 26. The predicted octanol–water partition coefficient (Wildman–Crippen LogP) is 16.7. The normalized spacial score (nSPS) is 29.9. The summed E-state index contributed by atoms with van der Waals surface area (Å²) in [5.41, 5.74) is 6.46. The molecule has 8 aromatic carbocycles. The van der Waals surface area contributed by atoms with Crippen molar-refractivity contribution in [2.24, 2.45) is 27.1 Å². The number of ketones is 5. The molecule has 10 bridgehead atoms. The number of carbonyl (C=O) groups excluding carboxylic acids is 5. The number of phosphoric ester groups is 5. The van der Waals surface area contributed by atoms with Crippen LogP contribution in [0.5, 0.6) is 5.75 Å². The highest BCUT2D eigenvalue weighted by atomic mass is 31.2. The lowest BCUT2D eigenvalue weighted by molar-refractivity contribution is -0.150. The third-order valence-electron chi connectivity index (χ3n) is 22.0. The lowest BCUT2D eigenvalue weighted by Gasteiger charge is -2.43. The SMILES string of the molecule is CC(C)(c1ccccc1)c1cccc(C(=O)C23COP(=O)(OC2)OC3)c1.CC(C)(c1ccccc1)c1cccc(C(=O)C23COP(=O)(OC2)OC3)c1.COc1ccc(CC(=O)C23COP(=O)(OC2)OC3)cc1.Cc1cccc(-c2ccc(C(=O)C34COP(=O)(OC3)OC4)cc2)c1.O=C(Cc1ccccc1)C12COP(=O)(OC1)OC2. The summed E-state index contributed by atoms with van der Waals surface area (Å²) < 4.78 is 140. The molecule has 0 unspecified atom stereocenters. The summed E-state index contributed by atoms with van der Waals surface area (Å²) in [4.78, 5) is 64.0. The van der Waals surface area contributed by atoms with E-state index in [1.54, 1.807) is 43.5 Å². The van der Waals surface area contributed by atoms with E-state index in [9.17, 15) is 46.8 Å². The molecule has 0 atom stereocenters. The Hall–Kier alpha value is -7.54. The van der Waals surface area contributed by atoms with Crippen LogP contribution in [0.15, 0.2) is 212 Å². The van der Waals surface area contributed by atoms with Crippen LogP contribution in [0.3, 0.4) is 0 Å². The predicted molar refractivity (Wildman–Crippen MR) is 416 cm³/mol. The Morgan fingerprint density at radius 3 is 0.921 bits per heavy atom. The van der Waals surface area contributed by atoms with Crippen molar-refractivity contribution in [3.05, 3.63) is 268 Å². The molecule has 15 aliphatic heterocycles. The average molecular weight is 1660 g/mol. The van der Waals surface area contributed by atoms with Gasteiger partial charge in [-0.2, -0.15) is 0 Å². The third-order valence-corrected chi connectivity index (χ3v) is 28.7. The van der Waals surface area contributed by atoms with Crippen molar-refractivity contribution in [1.82, 2.24) is 0 Å². The van der Waals surface area contributed by atoms with E-state index in [-0.39, 0.29) is 145 Å². The van der Waals surface area contributed by atoms with Crippen LogP contribution in [0.2, 0.25) is 0 Å². The van der Waals surface area contributed by atoms with Crippen LogP contribution in [0.25, 0.3) is 11.1 Å². The van der Waals surface area contributed by atoms with Crippen molar-refractivity contribution < 1.29 is 119 Å². The maximum absolute atomic E-state index is 13.2. The first-order valence-corrected chi connectivity index (χ1v) is 44.2. The first kappa shape index (κ1) is 83.0. The topological polar surface area (TPSA) is 318 Å². The van der Waals surface area contributed by atoms with Crippen molar-refractivity contribution in [2.75, 3.05) is 106 Å². The van der Waals surface area contributed by atoms with Crippen LogP contribution in [0, 0.1) is 34.0 Å². The van der Waals surface area contributed by atoms with E-state index in [1.165, 1.54) is 16.7 Å². The quantitative estimate of drug-likeness (QED) is 0.0569. The van der Waals surface area contributed by atoms with E-state index in [0.717, 1.165) is 39.1 Å². The van der Waals surface area contributed by atoms with Gasteiger partial charge in [0.25, 0.3) is 0 Å². The molecular formula is C83H87O26P5. The molecule has 0 aromatic heterocycles. The molecule has 0 radical (unpaired) electrons. The first-order valence-electron chi connectivity index (χ1n) is 36.9. The van der Waals surface area contributed by atoms with Gasteiger partial charge in [0.2, 0.25) is 0 Å². The summed E-state index contributed by atoms with van der Waals surface area (Å²) in [6.45, 7) is 11.8. The number of carbonyl (C=O) groups is 5. The number of phosphoric acid groups is 5. The van der Waals surface area contributed by atoms with Crippen LogP contribution in [0.4, 0.5) is 0 Å². The summed E-state index contributed by atoms with van der Waals surface area (Å²) in [6, 6.07) is 68.1. The van der Waals surface area contributed by atoms with Gasteiger partial charge >= 0.3 is 39.1 Å². The van der Waals surface area contributed by atoms with Gasteiger partial charge < -0.3 is 4.74 Å². The summed E-state index contributed by atoms with van der Waals surface area (Å²) >= 11 is 0. The second-order valence-corrected chi connectivity index (χ2v) is 39.2. The molecule has 15 saturated heterocycles. The van der Waals surface area contributed by atoms with Crippen molar-refractivity contribution >= 4 is 68.0 Å². The van der Waals surface area contributed by atoms with Crippen molar-refractivity contribution in [1.29, 1.82) is 0 Å². The molecule has 8 aromatic rings. The Labute approximate surface area is 660 Å². The monoisotopic (exact) mass is 1650 g/mol. The van der Waals surface area contributed by atoms with Gasteiger partial charge in [0, 0.05) is 40.4 Å². The molecular weight excluding hydrogens is 1570 g/mol. The van der Waals surface area contributed by atoms with Gasteiger partial charge in [-0.25, -0.2) is 22.8 Å². The van der Waals surface area contributed by atoms with Gasteiger partial charge in [-0.1, -0.05) is 221 Å². The number of fused-ring (bicyclic) bond motifs is 15. The number of rotatable bonds is 18. The lowest BCUT2D eigenvalue weighted by atomic mass is 9.76. The molecule has 0 N–H and O–H groups in total. The van der Waals surface area contributed by atoms with E-state index in [1.807, 2.05) is 153 Å². The maximum Gasteiger partial charge on any atom is 0.474 e. The van der Waals surface area contributed by atoms with Gasteiger partial charge in [-0.05, 0) is 75.7 Å². The number of ether oxygens (including phenoxy) is 1. The third kappa shape index (κ3) is 17.7. The maximum atomic E-state index is 13.2. The minimum absolute atomic E-state index is 0.000324. The zero-order valence-corrected chi connectivity index (χ0v) is 68.1. The number of aryl methyl sites for hydroxylation is 1. The van der Waals surface area contributed by atoms with Crippen LogP contribution < -0.4 is 4.74 Å². The smallest absolute Gasteiger partial charge is 0.474 e. The largest absolute Gasteiger partial charge is 0.497 e. The number of methoxy groups -OCH3 is 1. The Morgan fingerprint density at radius 2 is 0.596 bits per heavy atom. The van der Waals surface area contributed by atoms with E-state index >= 15 is 0 Å². The zero-order valence-electron chi connectivity index (χ0n) is 63.6. The Kier molecular flexibility index (Phi) is 24.1. The van der Waals surface area contributed by atoms with Gasteiger partial charge in [0.05, 0.1) is 106 Å². The molecule has 0 aliphatic carbocycles. The van der Waals surface area contributed by atoms with Crippen molar-refractivity contribution in [3.8, 4) is 16.9 Å². The van der Waals surface area contributed by atoms with Crippen molar-refractivity contribution in [3.63, 3.8) is 0 Å². The zero-order chi connectivity index (χ0) is 80.5. The summed E-state index contributed by atoms with van der Waals surface area (Å²) in [5.74, 6) is 0.395. The highest BCUT2D eigenvalue weighted by Crippen LogP contribution is 2.65. The summed E-state index contributed by atoms with van der Waals surface area (Å²) in [6.07, 6.45) is 0.561. The number of hydrogen-bond donors (Lipinski definition) is 0. The number of Topliss-reactive ketones (excluding diaryl/α,β-unsaturated/α-hetero) is 5. The molecule has 600 valence electrons. The van der Waals surface area contributed by atoms with Gasteiger partial charge in [0.1, 0.15) is 44.4 Å². The standard InChI is InChI=1S/2C20H21O5P.C18H17O5P.C13H15O6P.C12H13O5P/c2*1-19(2,16-8-4-3-5-9-16)17-10-6-7-15(11-17)18(21)20-12-23-26(22,24-13-20)25-14-20;1-13-3-2-4-16(9-13)14-5-7-15(8-6-14)17(19)18-10-21-24(20,22-11-18)23-12-18;1-16-11-4-2-10(3-5-11)6-12(14)13-7-17-20(15,18-8-13)19-9-13;13-11(6-10-4-2-1-3-5-10)12-7-15-18(14,16-8-12)17-9-12/h2*3-11H,12-14H2,1-2H3;2-9H,10-12H2,1H3;2-5H,6-9H2,1H3;1-5H,6-9H2. The van der Waals surface area contributed by atoms with Gasteiger partial charge in [-0.3, -0.25) is 91.8 Å². The average Bonchev–Trinajstić information content (AvgIpc) is 0.753. The summed E-state index contributed by atoms with van der Waals surface area (Å²) in [7, 11) is -15.4. The second-order valence-electron chi connectivity index (χ2n) is 30.9. The summed E-state index contributed by atoms with van der Waals surface area (Å²) in [5, 5.41) is 0. The fraction of sp³-hybridized carbons (Fsp3) is 0.361. The van der Waals surface area contributed by atoms with Gasteiger partial charge in [0.15, 0.2) is 17.3 Å². The molecule has 26 nitrogen and oxygen atoms in total. The first-order chi connectivity index (χ1) is 54.4. The lowest BCUT2D eigenvalue weighted by Crippen LogP contribution is -2.50. The van der Waals surface area contributed by atoms with Crippen molar-refractivity contribution in [2.45, 2.75) is 58.3 Å².